The van der Waals surface area contributed by atoms with Crippen LogP contribution in [0.1, 0.15) is 22.8 Å². The Morgan fingerprint density at radius 3 is 2.42 bits per heavy atom. The van der Waals surface area contributed by atoms with Crippen LogP contribution in [-0.4, -0.2) is 11.6 Å². The van der Waals surface area contributed by atoms with E-state index in [1.807, 2.05) is 13.0 Å². The maximum Gasteiger partial charge on any atom is 0.228 e. The summed E-state index contributed by atoms with van der Waals surface area (Å²) in [5.41, 5.74) is 1.46. The van der Waals surface area contributed by atoms with Crippen LogP contribution >= 0.6 is 0 Å². The van der Waals surface area contributed by atoms with E-state index in [4.69, 9.17) is 0 Å². The number of aryl methyl sites for hydroxylation is 1. The molecule has 1 aromatic carbocycles. The van der Waals surface area contributed by atoms with Crippen LogP contribution in [0.5, 0.6) is 0 Å². The van der Waals surface area contributed by atoms with E-state index in [0.717, 1.165) is 5.56 Å². The molecule has 12 heavy (non-hydrogen) atoms. The van der Waals surface area contributed by atoms with Gasteiger partial charge in [0.2, 0.25) is 5.78 Å². The monoisotopic (exact) mass is 162 g/mol. The molecule has 0 fully saturated rings. The average molecular weight is 162 g/mol. The molecule has 0 unspecified atom stereocenters. The maximum atomic E-state index is 11.1. The molecule has 0 aliphatic carbocycles. The van der Waals surface area contributed by atoms with Crippen molar-refractivity contribution in [1.82, 2.24) is 0 Å². The number of benzene rings is 1. The van der Waals surface area contributed by atoms with Crippen molar-refractivity contribution in [2.45, 2.75) is 13.8 Å². The minimum absolute atomic E-state index is 0.416. The molecule has 2 nitrogen and oxygen atoms in total. The predicted octanol–water partition coefficient (Wildman–Crippen LogP) is 1.77. The van der Waals surface area contributed by atoms with Crippen molar-refractivity contribution in [3.8, 4) is 0 Å². The molecule has 0 spiro atoms. The fraction of sp³-hybridized carbons (Fsp3) is 0.200. The predicted molar refractivity (Wildman–Crippen MR) is 46.2 cm³/mol. The first kappa shape index (κ1) is 8.65. The molecule has 2 heteroatoms. The quantitative estimate of drug-likeness (QED) is 0.490. The highest BCUT2D eigenvalue weighted by atomic mass is 16.2. The number of carbonyl (C=O) groups excluding carboxylic acids is 2. The number of ketones is 2. The summed E-state index contributed by atoms with van der Waals surface area (Å²) in [5, 5.41) is 0. The second-order valence-electron chi connectivity index (χ2n) is 2.75. The third kappa shape index (κ3) is 1.78. The summed E-state index contributed by atoms with van der Waals surface area (Å²) < 4.78 is 0. The van der Waals surface area contributed by atoms with E-state index in [0.29, 0.717) is 5.56 Å². The van der Waals surface area contributed by atoms with Gasteiger partial charge in [0.25, 0.3) is 0 Å². The second-order valence-corrected chi connectivity index (χ2v) is 2.75. The Labute approximate surface area is 71.2 Å². The first-order valence-electron chi connectivity index (χ1n) is 3.73. The summed E-state index contributed by atoms with van der Waals surface area (Å²) in [6, 6.07) is 7.02. The largest absolute Gasteiger partial charge is 0.291 e. The van der Waals surface area contributed by atoms with E-state index in [2.05, 4.69) is 0 Å². The summed E-state index contributed by atoms with van der Waals surface area (Å²) in [4.78, 5) is 21.9. The van der Waals surface area contributed by atoms with Gasteiger partial charge in [0.15, 0.2) is 5.78 Å². The first-order valence-corrected chi connectivity index (χ1v) is 3.73. The third-order valence-corrected chi connectivity index (χ3v) is 1.60. The smallest absolute Gasteiger partial charge is 0.228 e. The SMILES string of the molecule is CC(=O)C(=O)c1cccc(C)c1. The molecule has 0 saturated carbocycles. The normalized spacial score (nSPS) is 9.50. The number of hydrogen-bond acceptors (Lipinski definition) is 2. The molecule has 0 aliphatic rings. The molecule has 0 bridgehead atoms. The van der Waals surface area contributed by atoms with E-state index >= 15 is 0 Å². The average Bonchev–Trinajstić information content (AvgIpc) is 2.03. The molecule has 1 rings (SSSR count). The van der Waals surface area contributed by atoms with Crippen LogP contribution in [0.4, 0.5) is 0 Å². The van der Waals surface area contributed by atoms with Gasteiger partial charge >= 0.3 is 0 Å². The van der Waals surface area contributed by atoms with Gasteiger partial charge in [0.05, 0.1) is 0 Å². The van der Waals surface area contributed by atoms with Crippen molar-refractivity contribution in [2.24, 2.45) is 0 Å². The van der Waals surface area contributed by atoms with E-state index in [-0.39, 0.29) is 0 Å². The van der Waals surface area contributed by atoms with Crippen LogP contribution in [0, 0.1) is 6.92 Å². The topological polar surface area (TPSA) is 34.1 Å². The van der Waals surface area contributed by atoms with Gasteiger partial charge in [0.1, 0.15) is 0 Å². The Balaban J connectivity index is 3.04. The second kappa shape index (κ2) is 3.30. The van der Waals surface area contributed by atoms with Crippen LogP contribution < -0.4 is 0 Å². The molecule has 0 N–H and O–H groups in total. The van der Waals surface area contributed by atoms with E-state index in [1.54, 1.807) is 18.2 Å². The highest BCUT2D eigenvalue weighted by Gasteiger charge is 2.09. The molecular formula is C10H10O2. The third-order valence-electron chi connectivity index (χ3n) is 1.60. The van der Waals surface area contributed by atoms with E-state index in [9.17, 15) is 9.59 Å². The van der Waals surface area contributed by atoms with E-state index in [1.165, 1.54) is 6.92 Å². The van der Waals surface area contributed by atoms with Crippen molar-refractivity contribution in [1.29, 1.82) is 0 Å². The van der Waals surface area contributed by atoms with Crippen molar-refractivity contribution in [3.05, 3.63) is 35.4 Å². The van der Waals surface area contributed by atoms with Gasteiger partial charge in [-0.2, -0.15) is 0 Å². The molecule has 0 radical (unpaired) electrons. The van der Waals surface area contributed by atoms with Crippen LogP contribution in [-0.2, 0) is 4.79 Å². The summed E-state index contributed by atoms with van der Waals surface area (Å²) in [6.07, 6.45) is 0. The van der Waals surface area contributed by atoms with Gasteiger partial charge < -0.3 is 0 Å². The fourth-order valence-corrected chi connectivity index (χ4v) is 0.990. The Bertz CT molecular complexity index is 326. The summed E-state index contributed by atoms with van der Waals surface area (Å²) >= 11 is 0. The van der Waals surface area contributed by atoms with Gasteiger partial charge in [-0.25, -0.2) is 0 Å². The summed E-state index contributed by atoms with van der Waals surface area (Å²) in [7, 11) is 0. The summed E-state index contributed by atoms with van der Waals surface area (Å²) in [6.45, 7) is 3.17. The van der Waals surface area contributed by atoms with Gasteiger partial charge in [-0.15, -0.1) is 0 Å². The zero-order valence-corrected chi connectivity index (χ0v) is 7.13. The standard InChI is InChI=1S/C10H10O2/c1-7-4-3-5-9(6-7)10(12)8(2)11/h3-6H,1-2H3. The zero-order valence-electron chi connectivity index (χ0n) is 7.13. The Morgan fingerprint density at radius 1 is 1.25 bits per heavy atom. The molecule has 0 amide bonds. The molecular weight excluding hydrogens is 152 g/mol. The Kier molecular flexibility index (Phi) is 2.38. The highest BCUT2D eigenvalue weighted by Crippen LogP contribution is 2.04. The first-order chi connectivity index (χ1) is 5.61. The lowest BCUT2D eigenvalue weighted by Crippen LogP contribution is -2.09. The number of carbonyl (C=O) groups is 2. The van der Waals surface area contributed by atoms with Gasteiger partial charge in [-0.1, -0.05) is 23.8 Å². The number of rotatable bonds is 2. The van der Waals surface area contributed by atoms with E-state index < -0.39 is 11.6 Å². The molecule has 0 saturated heterocycles. The molecule has 62 valence electrons. The lowest BCUT2D eigenvalue weighted by atomic mass is 10.1. The molecule has 0 atom stereocenters. The fourth-order valence-electron chi connectivity index (χ4n) is 0.990. The minimum Gasteiger partial charge on any atom is -0.291 e. The number of Topliss-reactive ketones (excluding diaryl/α,β-unsaturated/α-hetero) is 2. The van der Waals surface area contributed by atoms with Gasteiger partial charge in [-0.3, -0.25) is 9.59 Å². The zero-order chi connectivity index (χ0) is 9.14. The van der Waals surface area contributed by atoms with Crippen molar-refractivity contribution < 1.29 is 9.59 Å². The van der Waals surface area contributed by atoms with Crippen LogP contribution in [0.25, 0.3) is 0 Å². The van der Waals surface area contributed by atoms with Crippen LogP contribution in [0.2, 0.25) is 0 Å². The molecule has 0 heterocycles. The van der Waals surface area contributed by atoms with Gasteiger partial charge in [0, 0.05) is 12.5 Å². The Morgan fingerprint density at radius 2 is 1.92 bits per heavy atom. The van der Waals surface area contributed by atoms with Crippen molar-refractivity contribution in [3.63, 3.8) is 0 Å². The maximum absolute atomic E-state index is 11.1. The van der Waals surface area contributed by atoms with Crippen LogP contribution in [0.3, 0.4) is 0 Å². The molecule has 0 aromatic heterocycles. The lowest BCUT2D eigenvalue weighted by Gasteiger charge is -1.97. The lowest BCUT2D eigenvalue weighted by molar-refractivity contribution is -0.113. The Hall–Kier alpha value is -1.44. The highest BCUT2D eigenvalue weighted by molar-refractivity contribution is 6.42. The number of hydrogen-bond donors (Lipinski definition) is 0. The molecule has 1 aromatic rings. The van der Waals surface area contributed by atoms with Crippen molar-refractivity contribution >= 4 is 11.6 Å². The summed E-state index contributed by atoms with van der Waals surface area (Å²) in [5.74, 6) is -0.834. The van der Waals surface area contributed by atoms with Crippen molar-refractivity contribution in [2.75, 3.05) is 0 Å². The van der Waals surface area contributed by atoms with Crippen LogP contribution in [0.15, 0.2) is 24.3 Å². The molecule has 0 aliphatic heterocycles. The van der Waals surface area contributed by atoms with Gasteiger partial charge in [-0.05, 0) is 13.0 Å². The minimum atomic E-state index is -0.418.